The molecule has 3 fully saturated rings. The third-order valence-corrected chi connectivity index (χ3v) is 4.70. The number of rotatable bonds is 2. The summed E-state index contributed by atoms with van der Waals surface area (Å²) in [6.07, 6.45) is 5.70. The molecule has 2 aliphatic carbocycles. The maximum atomic E-state index is 3.81. The molecule has 1 N–H and O–H groups in total. The second-order valence-corrected chi connectivity index (χ2v) is 6.22. The summed E-state index contributed by atoms with van der Waals surface area (Å²) in [5.41, 5.74) is 0.429. The van der Waals surface area contributed by atoms with E-state index in [1.807, 2.05) is 0 Å². The van der Waals surface area contributed by atoms with E-state index in [4.69, 9.17) is 0 Å². The minimum atomic E-state index is 0.429. The van der Waals surface area contributed by atoms with E-state index in [9.17, 15) is 0 Å². The van der Waals surface area contributed by atoms with Crippen LogP contribution in [0.5, 0.6) is 0 Å². The van der Waals surface area contributed by atoms with Gasteiger partial charge in [0.05, 0.1) is 0 Å². The third-order valence-electron chi connectivity index (χ3n) is 4.70. The number of hydrogen-bond donors (Lipinski definition) is 1. The second-order valence-electron chi connectivity index (χ2n) is 6.22. The van der Waals surface area contributed by atoms with Gasteiger partial charge in [0.1, 0.15) is 0 Å². The molecule has 0 bridgehead atoms. The molecule has 3 aliphatic rings. The van der Waals surface area contributed by atoms with Crippen LogP contribution in [0.25, 0.3) is 0 Å². The Kier molecular flexibility index (Phi) is 2.33. The molecule has 0 aromatic carbocycles. The highest BCUT2D eigenvalue weighted by Crippen LogP contribution is 2.43. The Balaban J connectivity index is 1.69. The molecule has 0 radical (unpaired) electrons. The van der Waals surface area contributed by atoms with Gasteiger partial charge in [-0.05, 0) is 57.5 Å². The van der Waals surface area contributed by atoms with Crippen LogP contribution < -0.4 is 5.32 Å². The van der Waals surface area contributed by atoms with Crippen molar-refractivity contribution in [2.24, 2.45) is 11.8 Å². The topological polar surface area (TPSA) is 15.3 Å². The lowest BCUT2D eigenvalue weighted by Gasteiger charge is -2.34. The van der Waals surface area contributed by atoms with Crippen LogP contribution in [-0.2, 0) is 0 Å². The van der Waals surface area contributed by atoms with E-state index in [0.29, 0.717) is 5.54 Å². The molecule has 0 aromatic rings. The van der Waals surface area contributed by atoms with Crippen molar-refractivity contribution >= 4 is 0 Å². The molecule has 3 atom stereocenters. The normalized spacial score (nSPS) is 47.6. The Bertz CT molecular complexity index is 249. The molecular formula is C13H24N2. The van der Waals surface area contributed by atoms with E-state index >= 15 is 0 Å². The fourth-order valence-corrected chi connectivity index (χ4v) is 3.30. The van der Waals surface area contributed by atoms with Crippen molar-refractivity contribution in [1.82, 2.24) is 10.2 Å². The van der Waals surface area contributed by atoms with Gasteiger partial charge in [0, 0.05) is 18.1 Å². The summed E-state index contributed by atoms with van der Waals surface area (Å²) in [5.74, 6) is 1.93. The van der Waals surface area contributed by atoms with E-state index in [1.54, 1.807) is 0 Å². The molecule has 1 heterocycles. The smallest absolute Gasteiger partial charge is 0.0308 e. The lowest BCUT2D eigenvalue weighted by atomic mass is 9.95. The monoisotopic (exact) mass is 208 g/mol. The molecule has 2 saturated carbocycles. The molecular weight excluding hydrogens is 184 g/mol. The zero-order valence-corrected chi connectivity index (χ0v) is 10.1. The van der Waals surface area contributed by atoms with E-state index < -0.39 is 0 Å². The van der Waals surface area contributed by atoms with E-state index in [2.05, 4.69) is 24.1 Å². The summed E-state index contributed by atoms with van der Waals surface area (Å²) in [6.45, 7) is 8.70. The average molecular weight is 208 g/mol. The lowest BCUT2D eigenvalue weighted by Crippen LogP contribution is -2.51. The molecule has 3 unspecified atom stereocenters. The van der Waals surface area contributed by atoms with Gasteiger partial charge in [-0.3, -0.25) is 4.90 Å². The second kappa shape index (κ2) is 3.46. The Morgan fingerprint density at radius 2 is 2.07 bits per heavy atom. The molecule has 0 spiro atoms. The van der Waals surface area contributed by atoms with Crippen molar-refractivity contribution < 1.29 is 0 Å². The first kappa shape index (κ1) is 10.1. The molecule has 15 heavy (non-hydrogen) atoms. The van der Waals surface area contributed by atoms with Gasteiger partial charge in [0.15, 0.2) is 0 Å². The van der Waals surface area contributed by atoms with Gasteiger partial charge in [-0.1, -0.05) is 6.92 Å². The van der Waals surface area contributed by atoms with Crippen LogP contribution in [0.2, 0.25) is 0 Å². The SMILES string of the molecule is CC1CC1N1CCCNC(C)(C2CC2)C1. The van der Waals surface area contributed by atoms with Gasteiger partial charge in [0.25, 0.3) is 0 Å². The summed E-state index contributed by atoms with van der Waals surface area (Å²) in [5, 5.41) is 3.81. The van der Waals surface area contributed by atoms with Crippen molar-refractivity contribution in [3.63, 3.8) is 0 Å². The van der Waals surface area contributed by atoms with Gasteiger partial charge in [0.2, 0.25) is 0 Å². The Labute approximate surface area is 93.4 Å². The first-order valence-electron chi connectivity index (χ1n) is 6.68. The van der Waals surface area contributed by atoms with Crippen molar-refractivity contribution in [2.75, 3.05) is 19.6 Å². The molecule has 86 valence electrons. The number of nitrogens with one attached hydrogen (secondary N) is 1. The predicted octanol–water partition coefficient (Wildman–Crippen LogP) is 1.86. The highest BCUT2D eigenvalue weighted by molar-refractivity contribution is 5.04. The molecule has 1 aliphatic heterocycles. The zero-order valence-electron chi connectivity index (χ0n) is 10.1. The summed E-state index contributed by atoms with van der Waals surface area (Å²) in [4.78, 5) is 2.77. The Morgan fingerprint density at radius 3 is 2.67 bits per heavy atom. The summed E-state index contributed by atoms with van der Waals surface area (Å²) >= 11 is 0. The van der Waals surface area contributed by atoms with Crippen molar-refractivity contribution in [3.05, 3.63) is 0 Å². The largest absolute Gasteiger partial charge is 0.310 e. The van der Waals surface area contributed by atoms with Crippen molar-refractivity contribution in [2.45, 2.75) is 51.1 Å². The minimum Gasteiger partial charge on any atom is -0.310 e. The van der Waals surface area contributed by atoms with Gasteiger partial charge in [-0.25, -0.2) is 0 Å². The van der Waals surface area contributed by atoms with Crippen LogP contribution >= 0.6 is 0 Å². The van der Waals surface area contributed by atoms with Crippen LogP contribution in [0.1, 0.15) is 39.5 Å². The molecule has 0 aromatic heterocycles. The highest BCUT2D eigenvalue weighted by Gasteiger charge is 2.46. The van der Waals surface area contributed by atoms with Gasteiger partial charge in [-0.2, -0.15) is 0 Å². The van der Waals surface area contributed by atoms with Crippen molar-refractivity contribution in [1.29, 1.82) is 0 Å². The average Bonchev–Trinajstić information content (AvgIpc) is 2.98. The predicted molar refractivity (Wildman–Crippen MR) is 62.9 cm³/mol. The van der Waals surface area contributed by atoms with E-state index in [0.717, 1.165) is 17.9 Å². The fourth-order valence-electron chi connectivity index (χ4n) is 3.30. The van der Waals surface area contributed by atoms with Gasteiger partial charge >= 0.3 is 0 Å². The summed E-state index contributed by atoms with van der Waals surface area (Å²) in [7, 11) is 0. The zero-order chi connectivity index (χ0) is 10.5. The van der Waals surface area contributed by atoms with Crippen LogP contribution in [0.15, 0.2) is 0 Å². The van der Waals surface area contributed by atoms with Crippen LogP contribution in [0, 0.1) is 11.8 Å². The first-order valence-corrected chi connectivity index (χ1v) is 6.68. The third kappa shape index (κ3) is 1.94. The molecule has 2 heteroatoms. The van der Waals surface area contributed by atoms with Crippen LogP contribution in [0.3, 0.4) is 0 Å². The molecule has 2 nitrogen and oxygen atoms in total. The standard InChI is InChI=1S/C13H24N2/c1-10-8-12(10)15-7-3-6-14-13(2,9-15)11-4-5-11/h10-12,14H,3-9H2,1-2H3. The molecule has 1 saturated heterocycles. The Hall–Kier alpha value is -0.0800. The summed E-state index contributed by atoms with van der Waals surface area (Å²) < 4.78 is 0. The molecule has 3 rings (SSSR count). The maximum Gasteiger partial charge on any atom is 0.0308 e. The number of nitrogens with zero attached hydrogens (tertiary/aromatic N) is 1. The van der Waals surface area contributed by atoms with Gasteiger partial charge < -0.3 is 5.32 Å². The first-order chi connectivity index (χ1) is 7.19. The fraction of sp³-hybridized carbons (Fsp3) is 1.00. The van der Waals surface area contributed by atoms with E-state index in [-0.39, 0.29) is 0 Å². The van der Waals surface area contributed by atoms with Crippen LogP contribution in [-0.4, -0.2) is 36.1 Å². The maximum absolute atomic E-state index is 3.81. The Morgan fingerprint density at radius 1 is 1.33 bits per heavy atom. The van der Waals surface area contributed by atoms with Crippen molar-refractivity contribution in [3.8, 4) is 0 Å². The van der Waals surface area contributed by atoms with E-state index in [1.165, 1.54) is 45.3 Å². The summed E-state index contributed by atoms with van der Waals surface area (Å²) in [6, 6.07) is 0.919. The van der Waals surface area contributed by atoms with Gasteiger partial charge in [-0.15, -0.1) is 0 Å². The quantitative estimate of drug-likeness (QED) is 0.745. The molecule has 0 amide bonds. The lowest BCUT2D eigenvalue weighted by molar-refractivity contribution is 0.188. The minimum absolute atomic E-state index is 0.429. The number of hydrogen-bond acceptors (Lipinski definition) is 2. The van der Waals surface area contributed by atoms with Crippen LogP contribution in [0.4, 0.5) is 0 Å². The highest BCUT2D eigenvalue weighted by atomic mass is 15.2.